The molecule has 0 atom stereocenters. The average molecular weight is 245 g/mol. The van der Waals surface area contributed by atoms with E-state index in [9.17, 15) is 9.59 Å². The molecule has 17 heavy (non-hydrogen) atoms. The van der Waals surface area contributed by atoms with Gasteiger partial charge in [-0.15, -0.1) is 0 Å². The van der Waals surface area contributed by atoms with E-state index in [2.05, 4.69) is 4.74 Å². The Kier molecular flexibility index (Phi) is 8.40. The summed E-state index contributed by atoms with van der Waals surface area (Å²) in [6.07, 6.45) is 0.223. The summed E-state index contributed by atoms with van der Waals surface area (Å²) in [7, 11) is 1.34. The van der Waals surface area contributed by atoms with E-state index in [1.54, 1.807) is 4.90 Å². The van der Waals surface area contributed by atoms with E-state index >= 15 is 0 Å². The number of nitrogens with zero attached hydrogens (tertiary/aromatic N) is 1. The Morgan fingerprint density at radius 1 is 1.29 bits per heavy atom. The van der Waals surface area contributed by atoms with Gasteiger partial charge in [-0.2, -0.15) is 0 Å². The molecule has 0 bridgehead atoms. The summed E-state index contributed by atoms with van der Waals surface area (Å²) in [4.78, 5) is 24.5. The van der Waals surface area contributed by atoms with Crippen LogP contribution in [0.2, 0.25) is 0 Å². The topological polar surface area (TPSA) is 55.8 Å². The first-order valence-electron chi connectivity index (χ1n) is 5.93. The summed E-state index contributed by atoms with van der Waals surface area (Å²) in [6.45, 7) is 7.50. The summed E-state index contributed by atoms with van der Waals surface area (Å²) in [5, 5.41) is 0. The van der Waals surface area contributed by atoms with E-state index in [1.165, 1.54) is 7.11 Å². The maximum atomic E-state index is 11.8. The minimum absolute atomic E-state index is 0.0738. The fourth-order valence-corrected chi connectivity index (χ4v) is 1.37. The van der Waals surface area contributed by atoms with E-state index in [-0.39, 0.29) is 24.9 Å². The third-order valence-corrected chi connectivity index (χ3v) is 2.18. The average Bonchev–Trinajstić information content (AvgIpc) is 2.30. The van der Waals surface area contributed by atoms with E-state index in [0.717, 1.165) is 0 Å². The second kappa shape index (κ2) is 8.98. The molecule has 100 valence electrons. The van der Waals surface area contributed by atoms with Gasteiger partial charge in [0.1, 0.15) is 6.61 Å². The number of rotatable bonds is 8. The fourth-order valence-electron chi connectivity index (χ4n) is 1.37. The van der Waals surface area contributed by atoms with Crippen molar-refractivity contribution >= 4 is 11.9 Å². The molecule has 0 fully saturated rings. The summed E-state index contributed by atoms with van der Waals surface area (Å²) in [6, 6.07) is 0. The van der Waals surface area contributed by atoms with Crippen molar-refractivity contribution in [2.75, 3.05) is 33.4 Å². The highest BCUT2D eigenvalue weighted by Gasteiger charge is 2.16. The predicted molar refractivity (Wildman–Crippen MR) is 64.5 cm³/mol. The van der Waals surface area contributed by atoms with Crippen LogP contribution >= 0.6 is 0 Å². The van der Waals surface area contributed by atoms with Gasteiger partial charge in [0.05, 0.1) is 13.5 Å². The SMILES string of the molecule is CCOCC(=O)N(CCC(=O)OC)CC(C)C. The summed E-state index contributed by atoms with van der Waals surface area (Å²) >= 11 is 0. The number of ether oxygens (including phenoxy) is 2. The molecule has 0 N–H and O–H groups in total. The molecule has 0 aliphatic rings. The van der Waals surface area contributed by atoms with Gasteiger partial charge in [-0.05, 0) is 12.8 Å². The summed E-state index contributed by atoms with van der Waals surface area (Å²) in [5.41, 5.74) is 0. The van der Waals surface area contributed by atoms with Gasteiger partial charge >= 0.3 is 5.97 Å². The number of methoxy groups -OCH3 is 1. The molecule has 0 saturated carbocycles. The van der Waals surface area contributed by atoms with Crippen LogP contribution in [0, 0.1) is 5.92 Å². The number of amides is 1. The molecule has 0 radical (unpaired) electrons. The molecule has 0 rings (SSSR count). The van der Waals surface area contributed by atoms with E-state index < -0.39 is 0 Å². The second-order valence-electron chi connectivity index (χ2n) is 4.20. The van der Waals surface area contributed by atoms with Crippen LogP contribution in [0.5, 0.6) is 0 Å². The molecular formula is C12H23NO4. The first-order valence-corrected chi connectivity index (χ1v) is 5.93. The highest BCUT2D eigenvalue weighted by molar-refractivity contribution is 5.78. The van der Waals surface area contributed by atoms with Gasteiger partial charge in [0.25, 0.3) is 0 Å². The number of carbonyl (C=O) groups is 2. The maximum Gasteiger partial charge on any atom is 0.307 e. The van der Waals surface area contributed by atoms with Crippen LogP contribution in [0.1, 0.15) is 27.2 Å². The van der Waals surface area contributed by atoms with Crippen molar-refractivity contribution in [3.05, 3.63) is 0 Å². The van der Waals surface area contributed by atoms with Gasteiger partial charge in [0, 0.05) is 19.7 Å². The molecule has 0 aromatic heterocycles. The van der Waals surface area contributed by atoms with Crippen LogP contribution in [-0.2, 0) is 19.1 Å². The van der Waals surface area contributed by atoms with E-state index in [0.29, 0.717) is 25.6 Å². The molecule has 0 saturated heterocycles. The van der Waals surface area contributed by atoms with Crippen molar-refractivity contribution < 1.29 is 19.1 Å². The molecular weight excluding hydrogens is 222 g/mol. The normalized spacial score (nSPS) is 10.4. The molecule has 0 aromatic rings. The van der Waals surface area contributed by atoms with Crippen LogP contribution in [0.15, 0.2) is 0 Å². The number of carbonyl (C=O) groups excluding carboxylic acids is 2. The first-order chi connectivity index (χ1) is 8.01. The Balaban J connectivity index is 4.21. The molecule has 0 heterocycles. The van der Waals surface area contributed by atoms with Gasteiger partial charge in [-0.25, -0.2) is 0 Å². The van der Waals surface area contributed by atoms with Crippen molar-refractivity contribution in [2.45, 2.75) is 27.2 Å². The zero-order valence-corrected chi connectivity index (χ0v) is 11.2. The number of hydrogen-bond donors (Lipinski definition) is 0. The van der Waals surface area contributed by atoms with Crippen molar-refractivity contribution in [1.82, 2.24) is 4.90 Å². The third kappa shape index (κ3) is 7.74. The van der Waals surface area contributed by atoms with Crippen LogP contribution in [0.25, 0.3) is 0 Å². The Morgan fingerprint density at radius 3 is 2.41 bits per heavy atom. The lowest BCUT2D eigenvalue weighted by Crippen LogP contribution is -2.38. The lowest BCUT2D eigenvalue weighted by Gasteiger charge is -2.24. The lowest BCUT2D eigenvalue weighted by molar-refractivity contribution is -0.142. The highest BCUT2D eigenvalue weighted by Crippen LogP contribution is 2.02. The van der Waals surface area contributed by atoms with Crippen molar-refractivity contribution in [2.24, 2.45) is 5.92 Å². The molecule has 0 aliphatic heterocycles. The minimum atomic E-state index is -0.303. The van der Waals surface area contributed by atoms with Gasteiger partial charge in [0.2, 0.25) is 5.91 Å². The van der Waals surface area contributed by atoms with Crippen LogP contribution < -0.4 is 0 Å². The monoisotopic (exact) mass is 245 g/mol. The van der Waals surface area contributed by atoms with E-state index in [1.807, 2.05) is 20.8 Å². The zero-order chi connectivity index (χ0) is 13.3. The molecule has 1 amide bonds. The van der Waals surface area contributed by atoms with Crippen LogP contribution in [0.3, 0.4) is 0 Å². The quantitative estimate of drug-likeness (QED) is 0.600. The largest absolute Gasteiger partial charge is 0.469 e. The Labute approximate surface area is 103 Å². The lowest BCUT2D eigenvalue weighted by atomic mass is 10.2. The smallest absolute Gasteiger partial charge is 0.307 e. The maximum absolute atomic E-state index is 11.8. The Hall–Kier alpha value is -1.10. The van der Waals surface area contributed by atoms with Gasteiger partial charge in [-0.1, -0.05) is 13.8 Å². The number of esters is 1. The Bertz CT molecular complexity index is 241. The van der Waals surface area contributed by atoms with Crippen molar-refractivity contribution in [1.29, 1.82) is 0 Å². The van der Waals surface area contributed by atoms with E-state index in [4.69, 9.17) is 4.74 Å². The molecule has 0 aliphatic carbocycles. The van der Waals surface area contributed by atoms with Crippen molar-refractivity contribution in [3.63, 3.8) is 0 Å². The molecule has 5 nitrogen and oxygen atoms in total. The third-order valence-electron chi connectivity index (χ3n) is 2.18. The predicted octanol–water partition coefficient (Wildman–Crippen LogP) is 1.07. The second-order valence-corrected chi connectivity index (χ2v) is 4.20. The molecule has 5 heteroatoms. The molecule has 0 unspecified atom stereocenters. The number of hydrogen-bond acceptors (Lipinski definition) is 4. The minimum Gasteiger partial charge on any atom is -0.469 e. The fraction of sp³-hybridized carbons (Fsp3) is 0.833. The molecule has 0 spiro atoms. The highest BCUT2D eigenvalue weighted by atomic mass is 16.5. The standard InChI is InChI=1S/C12H23NO4/c1-5-17-9-11(14)13(8-10(2)3)7-6-12(15)16-4/h10H,5-9H2,1-4H3. The van der Waals surface area contributed by atoms with Crippen LogP contribution in [-0.4, -0.2) is 50.2 Å². The Morgan fingerprint density at radius 2 is 1.94 bits per heavy atom. The van der Waals surface area contributed by atoms with Gasteiger partial charge in [-0.3, -0.25) is 9.59 Å². The van der Waals surface area contributed by atoms with Crippen LogP contribution in [0.4, 0.5) is 0 Å². The summed E-state index contributed by atoms with van der Waals surface area (Å²) < 4.78 is 9.64. The van der Waals surface area contributed by atoms with Gasteiger partial charge < -0.3 is 14.4 Å². The first kappa shape index (κ1) is 15.9. The van der Waals surface area contributed by atoms with Crippen molar-refractivity contribution in [3.8, 4) is 0 Å². The molecule has 0 aromatic carbocycles. The van der Waals surface area contributed by atoms with Gasteiger partial charge in [0.15, 0.2) is 0 Å². The summed E-state index contributed by atoms with van der Waals surface area (Å²) in [5.74, 6) is -0.0226. The zero-order valence-electron chi connectivity index (χ0n) is 11.2.